The van der Waals surface area contributed by atoms with Crippen molar-refractivity contribution in [1.82, 2.24) is 5.32 Å². The maximum Gasteiger partial charge on any atom is 0.146 e. The number of rotatable bonds is 3. The van der Waals surface area contributed by atoms with Gasteiger partial charge in [-0.3, -0.25) is 0 Å². The molecule has 1 aromatic rings. The summed E-state index contributed by atoms with van der Waals surface area (Å²) in [5.41, 5.74) is 0.761. The van der Waals surface area contributed by atoms with E-state index in [2.05, 4.69) is 17.1 Å². The van der Waals surface area contributed by atoms with E-state index in [-0.39, 0.29) is 5.82 Å². The Labute approximate surface area is 121 Å². The Morgan fingerprint density at radius 2 is 1.85 bits per heavy atom. The van der Waals surface area contributed by atoms with Gasteiger partial charge in [0.05, 0.1) is 5.69 Å². The Bertz CT molecular complexity index is 442. The van der Waals surface area contributed by atoms with Crippen molar-refractivity contribution in [2.45, 2.75) is 51.1 Å². The molecule has 1 saturated heterocycles. The molecule has 0 spiro atoms. The van der Waals surface area contributed by atoms with E-state index < -0.39 is 0 Å². The normalized spacial score (nSPS) is 28.0. The number of piperidine rings is 1. The van der Waals surface area contributed by atoms with Gasteiger partial charge in [0.25, 0.3) is 0 Å². The van der Waals surface area contributed by atoms with Crippen LogP contribution in [0.3, 0.4) is 0 Å². The lowest BCUT2D eigenvalue weighted by Crippen LogP contribution is -2.51. The zero-order valence-corrected chi connectivity index (χ0v) is 12.3. The average Bonchev–Trinajstić information content (AvgIpc) is 2.91. The predicted molar refractivity (Wildman–Crippen MR) is 81.6 cm³/mol. The summed E-state index contributed by atoms with van der Waals surface area (Å²) in [5, 5.41) is 3.80. The van der Waals surface area contributed by atoms with Crippen LogP contribution < -0.4 is 10.2 Å². The maximum atomic E-state index is 14.0. The average molecular weight is 276 g/mol. The van der Waals surface area contributed by atoms with Gasteiger partial charge in [-0.1, -0.05) is 31.9 Å². The Hall–Kier alpha value is -1.09. The molecule has 0 aromatic heterocycles. The molecule has 2 nitrogen and oxygen atoms in total. The number of hydrogen-bond acceptors (Lipinski definition) is 2. The lowest BCUT2D eigenvalue weighted by molar-refractivity contribution is 0.321. The van der Waals surface area contributed by atoms with Gasteiger partial charge in [-0.25, -0.2) is 4.39 Å². The van der Waals surface area contributed by atoms with E-state index in [1.54, 1.807) is 12.1 Å². The lowest BCUT2D eigenvalue weighted by atomic mass is 9.94. The predicted octanol–water partition coefficient (Wildman–Crippen LogP) is 3.57. The number of para-hydroxylation sites is 1. The third kappa shape index (κ3) is 3.14. The highest BCUT2D eigenvalue weighted by Gasteiger charge is 2.28. The Morgan fingerprint density at radius 1 is 1.10 bits per heavy atom. The van der Waals surface area contributed by atoms with E-state index in [1.807, 2.05) is 12.1 Å². The first-order valence-corrected chi connectivity index (χ1v) is 7.98. The molecule has 20 heavy (non-hydrogen) atoms. The van der Waals surface area contributed by atoms with Crippen LogP contribution in [0.5, 0.6) is 0 Å². The molecule has 2 aliphatic rings. The van der Waals surface area contributed by atoms with Crippen molar-refractivity contribution in [3.63, 3.8) is 0 Å². The van der Waals surface area contributed by atoms with Crippen molar-refractivity contribution >= 4 is 5.69 Å². The van der Waals surface area contributed by atoms with Crippen molar-refractivity contribution < 1.29 is 4.39 Å². The van der Waals surface area contributed by atoms with Gasteiger partial charge in [0, 0.05) is 25.2 Å². The molecule has 1 heterocycles. The largest absolute Gasteiger partial charge is 0.367 e. The molecule has 1 N–H and O–H groups in total. The zero-order chi connectivity index (χ0) is 13.9. The van der Waals surface area contributed by atoms with Crippen LogP contribution in [-0.2, 0) is 0 Å². The van der Waals surface area contributed by atoms with Crippen LogP contribution in [0.15, 0.2) is 24.3 Å². The van der Waals surface area contributed by atoms with Crippen molar-refractivity contribution in [3.05, 3.63) is 30.1 Å². The summed E-state index contributed by atoms with van der Waals surface area (Å²) in [7, 11) is 0. The summed E-state index contributed by atoms with van der Waals surface area (Å²) in [6, 6.07) is 8.35. The zero-order valence-electron chi connectivity index (χ0n) is 12.3. The van der Waals surface area contributed by atoms with Gasteiger partial charge in [-0.05, 0) is 37.3 Å². The molecule has 2 atom stereocenters. The molecule has 3 heteroatoms. The second kappa shape index (κ2) is 6.13. The van der Waals surface area contributed by atoms with E-state index in [0.29, 0.717) is 18.0 Å². The lowest BCUT2D eigenvalue weighted by Gasteiger charge is -2.39. The van der Waals surface area contributed by atoms with Crippen molar-refractivity contribution in [2.75, 3.05) is 18.0 Å². The summed E-state index contributed by atoms with van der Waals surface area (Å²) < 4.78 is 14.0. The fourth-order valence-electron chi connectivity index (χ4n) is 3.80. The van der Waals surface area contributed by atoms with Crippen LogP contribution >= 0.6 is 0 Å². The Balaban J connectivity index is 1.68. The van der Waals surface area contributed by atoms with Gasteiger partial charge in [-0.15, -0.1) is 0 Å². The summed E-state index contributed by atoms with van der Waals surface area (Å²) >= 11 is 0. The van der Waals surface area contributed by atoms with E-state index in [4.69, 9.17) is 0 Å². The van der Waals surface area contributed by atoms with Crippen molar-refractivity contribution in [1.29, 1.82) is 0 Å². The smallest absolute Gasteiger partial charge is 0.146 e. The molecule has 1 aromatic carbocycles. The molecular formula is C17H25FN2. The fourth-order valence-corrected chi connectivity index (χ4v) is 3.80. The first kappa shape index (κ1) is 13.9. The summed E-state index contributed by atoms with van der Waals surface area (Å²) in [6.07, 6.45) is 6.55. The summed E-state index contributed by atoms with van der Waals surface area (Å²) in [5.74, 6) is 0.517. The summed E-state index contributed by atoms with van der Waals surface area (Å²) in [6.45, 7) is 4.17. The highest BCUT2D eigenvalue weighted by molar-refractivity contribution is 5.48. The third-order valence-electron chi connectivity index (χ3n) is 4.68. The van der Waals surface area contributed by atoms with E-state index in [9.17, 15) is 4.39 Å². The quantitative estimate of drug-likeness (QED) is 0.908. The SMILES string of the molecule is CC1CC(NC2CCCC2)CN(c2ccccc2F)C1. The topological polar surface area (TPSA) is 15.3 Å². The molecule has 1 saturated carbocycles. The summed E-state index contributed by atoms with van der Waals surface area (Å²) in [4.78, 5) is 2.22. The minimum absolute atomic E-state index is 0.0961. The number of hydrogen-bond donors (Lipinski definition) is 1. The highest BCUT2D eigenvalue weighted by atomic mass is 19.1. The van der Waals surface area contributed by atoms with E-state index in [0.717, 1.165) is 18.8 Å². The minimum atomic E-state index is -0.0961. The van der Waals surface area contributed by atoms with Gasteiger partial charge >= 0.3 is 0 Å². The molecule has 0 bridgehead atoms. The standard InChI is InChI=1S/C17H25FN2/c1-13-10-15(19-14-6-2-3-7-14)12-20(11-13)17-9-5-4-8-16(17)18/h4-5,8-9,13-15,19H,2-3,6-7,10-12H2,1H3. The number of halogens is 1. The van der Waals surface area contributed by atoms with Crippen LogP contribution in [0.1, 0.15) is 39.0 Å². The number of nitrogens with one attached hydrogen (secondary N) is 1. The first-order valence-electron chi connectivity index (χ1n) is 7.98. The van der Waals surface area contributed by atoms with E-state index in [1.165, 1.54) is 32.1 Å². The van der Waals surface area contributed by atoms with Gasteiger partial charge in [0.2, 0.25) is 0 Å². The molecule has 2 unspecified atom stereocenters. The van der Waals surface area contributed by atoms with Crippen LogP contribution in [0.4, 0.5) is 10.1 Å². The fraction of sp³-hybridized carbons (Fsp3) is 0.647. The molecule has 1 aliphatic carbocycles. The Kier molecular flexibility index (Phi) is 4.25. The maximum absolute atomic E-state index is 14.0. The highest BCUT2D eigenvalue weighted by Crippen LogP contribution is 2.27. The molecule has 1 aliphatic heterocycles. The number of anilines is 1. The van der Waals surface area contributed by atoms with Gasteiger partial charge < -0.3 is 10.2 Å². The van der Waals surface area contributed by atoms with Gasteiger partial charge in [0.15, 0.2) is 0 Å². The second-order valence-corrected chi connectivity index (χ2v) is 6.54. The molecule has 0 radical (unpaired) electrons. The molecule has 110 valence electrons. The van der Waals surface area contributed by atoms with Crippen LogP contribution in [0.25, 0.3) is 0 Å². The van der Waals surface area contributed by atoms with Crippen molar-refractivity contribution in [3.8, 4) is 0 Å². The molecular weight excluding hydrogens is 251 g/mol. The molecule has 2 fully saturated rings. The second-order valence-electron chi connectivity index (χ2n) is 6.54. The minimum Gasteiger partial charge on any atom is -0.367 e. The van der Waals surface area contributed by atoms with Gasteiger partial charge in [0.1, 0.15) is 5.82 Å². The van der Waals surface area contributed by atoms with Crippen LogP contribution in [0, 0.1) is 11.7 Å². The van der Waals surface area contributed by atoms with Crippen LogP contribution in [-0.4, -0.2) is 25.2 Å². The monoisotopic (exact) mass is 276 g/mol. The van der Waals surface area contributed by atoms with Gasteiger partial charge in [-0.2, -0.15) is 0 Å². The number of nitrogens with zero attached hydrogens (tertiary/aromatic N) is 1. The Morgan fingerprint density at radius 3 is 2.60 bits per heavy atom. The van der Waals surface area contributed by atoms with Crippen LogP contribution in [0.2, 0.25) is 0 Å². The van der Waals surface area contributed by atoms with E-state index >= 15 is 0 Å². The first-order chi connectivity index (χ1) is 9.72. The third-order valence-corrected chi connectivity index (χ3v) is 4.68. The molecule has 3 rings (SSSR count). The van der Waals surface area contributed by atoms with Crippen molar-refractivity contribution in [2.24, 2.45) is 5.92 Å². The number of benzene rings is 1. The molecule has 0 amide bonds.